The van der Waals surface area contributed by atoms with Gasteiger partial charge in [0.1, 0.15) is 0 Å². The Morgan fingerprint density at radius 3 is 2.35 bits per heavy atom. The molecule has 3 amide bonds. The third-order valence-corrected chi connectivity index (χ3v) is 10.8. The smallest absolute Gasteiger partial charge is 0.307 e. The minimum Gasteiger partial charge on any atom is -0.307 e. The average molecular weight is 505 g/mol. The maximum absolute atomic E-state index is 14.0. The number of fused-ring (bicyclic) bond motifs is 5. The summed E-state index contributed by atoms with van der Waals surface area (Å²) in [6, 6.07) is 6.07. The lowest BCUT2D eigenvalue weighted by molar-refractivity contribution is -0.134. The lowest BCUT2D eigenvalue weighted by atomic mass is 9.48. The van der Waals surface area contributed by atoms with Crippen LogP contribution in [-0.2, 0) is 15.6 Å². The van der Waals surface area contributed by atoms with Crippen LogP contribution in [0.3, 0.4) is 0 Å². The molecule has 1 heterocycles. The molecule has 1 aromatic carbocycles. The first-order valence-electron chi connectivity index (χ1n) is 14.6. The van der Waals surface area contributed by atoms with Crippen molar-refractivity contribution < 1.29 is 9.59 Å². The topological polar surface area (TPSA) is 49.4 Å². The SMILES string of the molecule is CC(C)(C)c1ccc(C(C)(C)C)c(NC(=O)N2C(=O)C=C[C@]3(C)[C@H]4CC[C@]5(C)CCC[C@H]5[C@@H]4CC[C@@H]23)c1. The number of urea groups is 1. The Labute approximate surface area is 224 Å². The van der Waals surface area contributed by atoms with E-state index >= 15 is 0 Å². The number of carbonyl (C=O) groups is 2. The van der Waals surface area contributed by atoms with Crippen LogP contribution in [0.25, 0.3) is 0 Å². The van der Waals surface area contributed by atoms with Gasteiger partial charge in [0.05, 0.1) is 6.04 Å². The zero-order valence-electron chi connectivity index (χ0n) is 24.4. The fourth-order valence-corrected chi connectivity index (χ4v) is 8.68. The molecule has 4 aliphatic rings. The molecule has 0 aromatic heterocycles. The van der Waals surface area contributed by atoms with Crippen LogP contribution >= 0.6 is 0 Å². The Bertz CT molecular complexity index is 1120. The number of nitrogens with one attached hydrogen (secondary N) is 1. The first-order chi connectivity index (χ1) is 17.1. The molecule has 1 aromatic rings. The van der Waals surface area contributed by atoms with Crippen molar-refractivity contribution in [1.29, 1.82) is 0 Å². The van der Waals surface area contributed by atoms with Crippen molar-refractivity contribution in [3.63, 3.8) is 0 Å². The van der Waals surface area contributed by atoms with Crippen LogP contribution in [0.2, 0.25) is 0 Å². The minimum atomic E-state index is -0.276. The second kappa shape index (κ2) is 8.71. The summed E-state index contributed by atoms with van der Waals surface area (Å²) in [5, 5.41) is 3.23. The predicted octanol–water partition coefficient (Wildman–Crippen LogP) is 8.21. The first-order valence-corrected chi connectivity index (χ1v) is 14.6. The standard InChI is InChI=1S/C33H48N2O2/c1-30(2,3)21-11-13-25(31(4,5)6)26(20-21)34-29(37)35-27-14-12-22-23-10-9-17-32(23,7)18-15-24(22)33(27,8)19-16-28(35)36/h11,13,16,19-20,22-24,27H,9-10,12,14-15,17-18H2,1-8H3,(H,34,37)/t22-,23-,24-,27+,32-,33+/m0/s1. The van der Waals surface area contributed by atoms with Gasteiger partial charge in [0, 0.05) is 17.2 Å². The Morgan fingerprint density at radius 2 is 1.68 bits per heavy atom. The molecule has 6 atom stereocenters. The van der Waals surface area contributed by atoms with Crippen molar-refractivity contribution in [2.24, 2.45) is 28.6 Å². The van der Waals surface area contributed by atoms with Crippen LogP contribution in [0.15, 0.2) is 30.4 Å². The molecule has 3 saturated carbocycles. The molecule has 0 spiro atoms. The second-order valence-corrected chi connectivity index (χ2v) is 15.2. The number of anilines is 1. The van der Waals surface area contributed by atoms with E-state index in [1.807, 2.05) is 0 Å². The zero-order chi connectivity index (χ0) is 27.0. The van der Waals surface area contributed by atoms with Crippen LogP contribution in [-0.4, -0.2) is 22.9 Å². The lowest BCUT2D eigenvalue weighted by Crippen LogP contribution is -2.62. The van der Waals surface area contributed by atoms with E-state index in [9.17, 15) is 9.59 Å². The second-order valence-electron chi connectivity index (χ2n) is 15.2. The zero-order valence-corrected chi connectivity index (χ0v) is 24.4. The summed E-state index contributed by atoms with van der Waals surface area (Å²) in [6.07, 6.45) is 12.5. The molecule has 4 heteroatoms. The fraction of sp³-hybridized carbons (Fsp3) is 0.697. The van der Waals surface area contributed by atoms with Gasteiger partial charge in [-0.05, 0) is 89.7 Å². The van der Waals surface area contributed by atoms with Crippen LogP contribution in [0.1, 0.15) is 111 Å². The van der Waals surface area contributed by atoms with E-state index in [0.29, 0.717) is 17.3 Å². The summed E-state index contributed by atoms with van der Waals surface area (Å²) in [6.45, 7) is 17.9. The van der Waals surface area contributed by atoms with E-state index in [-0.39, 0.29) is 34.2 Å². The molecule has 202 valence electrons. The number of hydrogen-bond acceptors (Lipinski definition) is 2. The van der Waals surface area contributed by atoms with Crippen LogP contribution in [0, 0.1) is 28.6 Å². The van der Waals surface area contributed by atoms with Crippen LogP contribution in [0.4, 0.5) is 10.5 Å². The van der Waals surface area contributed by atoms with Gasteiger partial charge in [0.2, 0.25) is 0 Å². The highest BCUT2D eigenvalue weighted by molar-refractivity contribution is 6.06. The number of nitrogens with zero attached hydrogens (tertiary/aromatic N) is 1. The number of imide groups is 1. The van der Waals surface area contributed by atoms with Crippen molar-refractivity contribution >= 4 is 17.6 Å². The Hall–Kier alpha value is -2.10. The highest BCUT2D eigenvalue weighted by Gasteiger charge is 2.59. The summed E-state index contributed by atoms with van der Waals surface area (Å²) >= 11 is 0. The number of amides is 3. The van der Waals surface area contributed by atoms with Crippen molar-refractivity contribution in [1.82, 2.24) is 4.90 Å². The third kappa shape index (κ3) is 4.36. The number of rotatable bonds is 1. The summed E-state index contributed by atoms with van der Waals surface area (Å²) in [4.78, 5) is 28.9. The molecule has 1 aliphatic heterocycles. The van der Waals surface area contributed by atoms with E-state index in [0.717, 1.165) is 30.0 Å². The predicted molar refractivity (Wildman–Crippen MR) is 152 cm³/mol. The molecular weight excluding hydrogens is 456 g/mol. The van der Waals surface area contributed by atoms with Crippen molar-refractivity contribution in [3.05, 3.63) is 41.5 Å². The number of hydrogen-bond donors (Lipinski definition) is 1. The Balaban J connectivity index is 1.46. The Morgan fingerprint density at radius 1 is 0.946 bits per heavy atom. The van der Waals surface area contributed by atoms with Crippen molar-refractivity contribution in [2.45, 2.75) is 117 Å². The molecule has 1 N–H and O–H groups in total. The molecular formula is C33H48N2O2. The largest absolute Gasteiger partial charge is 0.329 e. The molecule has 3 aliphatic carbocycles. The number of benzene rings is 1. The quantitative estimate of drug-likeness (QED) is 0.419. The summed E-state index contributed by atoms with van der Waals surface area (Å²) in [5.74, 6) is 1.87. The molecule has 0 radical (unpaired) electrons. The van der Waals surface area contributed by atoms with Gasteiger partial charge in [-0.25, -0.2) is 4.79 Å². The highest BCUT2D eigenvalue weighted by Crippen LogP contribution is 2.64. The van der Waals surface area contributed by atoms with Gasteiger partial charge in [-0.3, -0.25) is 9.69 Å². The number of carbonyl (C=O) groups excluding carboxylic acids is 2. The molecule has 3 fully saturated rings. The van der Waals surface area contributed by atoms with E-state index in [4.69, 9.17) is 0 Å². The van der Waals surface area contributed by atoms with Crippen LogP contribution in [0.5, 0.6) is 0 Å². The first kappa shape index (κ1) is 26.5. The third-order valence-electron chi connectivity index (χ3n) is 10.8. The van der Waals surface area contributed by atoms with Gasteiger partial charge in [0.15, 0.2) is 0 Å². The molecule has 4 nitrogen and oxygen atoms in total. The minimum absolute atomic E-state index is 0.0355. The molecule has 37 heavy (non-hydrogen) atoms. The summed E-state index contributed by atoms with van der Waals surface area (Å²) < 4.78 is 0. The highest BCUT2D eigenvalue weighted by atomic mass is 16.2. The maximum atomic E-state index is 14.0. The van der Waals surface area contributed by atoms with E-state index in [1.54, 1.807) is 11.0 Å². The van der Waals surface area contributed by atoms with Crippen molar-refractivity contribution in [3.8, 4) is 0 Å². The molecule has 5 rings (SSSR count). The van der Waals surface area contributed by atoms with Crippen LogP contribution < -0.4 is 5.32 Å². The average Bonchev–Trinajstić information content (AvgIpc) is 3.20. The monoisotopic (exact) mass is 504 g/mol. The Kier molecular flexibility index (Phi) is 6.24. The maximum Gasteiger partial charge on any atom is 0.329 e. The van der Waals surface area contributed by atoms with Gasteiger partial charge in [-0.2, -0.15) is 0 Å². The lowest BCUT2D eigenvalue weighted by Gasteiger charge is -2.59. The fourth-order valence-electron chi connectivity index (χ4n) is 8.68. The van der Waals surface area contributed by atoms with E-state index in [1.165, 1.54) is 37.7 Å². The summed E-state index contributed by atoms with van der Waals surface area (Å²) in [7, 11) is 0. The normalized spacial score (nSPS) is 35.6. The van der Waals surface area contributed by atoms with Gasteiger partial charge < -0.3 is 5.32 Å². The van der Waals surface area contributed by atoms with Gasteiger partial charge in [-0.15, -0.1) is 0 Å². The molecule has 0 unspecified atom stereocenters. The van der Waals surface area contributed by atoms with E-state index in [2.05, 4.69) is 85.0 Å². The van der Waals surface area contributed by atoms with Gasteiger partial charge in [-0.1, -0.05) is 80.0 Å². The van der Waals surface area contributed by atoms with Crippen molar-refractivity contribution in [2.75, 3.05) is 5.32 Å². The molecule has 0 bridgehead atoms. The van der Waals surface area contributed by atoms with Gasteiger partial charge in [0.25, 0.3) is 5.91 Å². The van der Waals surface area contributed by atoms with Gasteiger partial charge >= 0.3 is 6.03 Å². The van der Waals surface area contributed by atoms with E-state index < -0.39 is 0 Å². The summed E-state index contributed by atoms with van der Waals surface area (Å²) in [5.41, 5.74) is 3.26. The molecule has 0 saturated heterocycles.